The Bertz CT molecular complexity index is 532. The molecule has 4 nitrogen and oxygen atoms in total. The molecule has 0 bridgehead atoms. The third kappa shape index (κ3) is 3.76. The smallest absolute Gasteiger partial charge is 0.326 e. The third-order valence-corrected chi connectivity index (χ3v) is 4.44. The van der Waals surface area contributed by atoms with Crippen LogP contribution in [0.4, 0.5) is 0 Å². The fraction of sp³-hybridized carbons (Fsp3) is 0.500. The number of aryl methyl sites for hydroxylation is 1. The van der Waals surface area contributed by atoms with Gasteiger partial charge in [-0.1, -0.05) is 36.7 Å². The Balaban J connectivity index is 2.02. The summed E-state index contributed by atoms with van der Waals surface area (Å²) in [5.41, 5.74) is 0.921. The maximum atomic E-state index is 12.4. The van der Waals surface area contributed by atoms with Gasteiger partial charge < -0.3 is 10.0 Å². The van der Waals surface area contributed by atoms with Crippen LogP contribution in [0, 0.1) is 5.92 Å². The van der Waals surface area contributed by atoms with Gasteiger partial charge in [-0.2, -0.15) is 0 Å². The van der Waals surface area contributed by atoms with E-state index >= 15 is 0 Å². The van der Waals surface area contributed by atoms with Crippen molar-refractivity contribution in [2.75, 3.05) is 6.54 Å². The van der Waals surface area contributed by atoms with Crippen molar-refractivity contribution in [1.29, 1.82) is 0 Å². The number of benzene rings is 1. The van der Waals surface area contributed by atoms with E-state index in [1.807, 2.05) is 25.1 Å². The van der Waals surface area contributed by atoms with E-state index in [0.29, 0.717) is 24.4 Å². The highest BCUT2D eigenvalue weighted by Gasteiger charge is 2.36. The standard InChI is InChI=1S/C16H20ClNO3/c1-11-5-4-10-18(15(11)16(20)21)14(19)9-8-12-6-2-3-7-13(12)17/h2-3,6-7,11,15H,4-5,8-10H2,1H3,(H,20,21). The summed E-state index contributed by atoms with van der Waals surface area (Å²) in [6.07, 6.45) is 2.55. The molecule has 0 spiro atoms. The van der Waals surface area contributed by atoms with Gasteiger partial charge >= 0.3 is 5.97 Å². The van der Waals surface area contributed by atoms with Crippen molar-refractivity contribution >= 4 is 23.5 Å². The molecule has 0 aliphatic carbocycles. The Morgan fingerprint density at radius 3 is 2.76 bits per heavy atom. The first kappa shape index (κ1) is 15.8. The number of carboxylic acid groups (broad SMARTS) is 1. The molecule has 21 heavy (non-hydrogen) atoms. The monoisotopic (exact) mass is 309 g/mol. The Hall–Kier alpha value is -1.55. The minimum absolute atomic E-state index is 0.000475. The third-order valence-electron chi connectivity index (χ3n) is 4.07. The van der Waals surface area contributed by atoms with Crippen LogP contribution in [0.15, 0.2) is 24.3 Å². The van der Waals surface area contributed by atoms with E-state index in [9.17, 15) is 14.7 Å². The number of aliphatic carboxylic acids is 1. The van der Waals surface area contributed by atoms with Gasteiger partial charge in [-0.05, 0) is 36.8 Å². The van der Waals surface area contributed by atoms with E-state index in [1.54, 1.807) is 6.07 Å². The predicted octanol–water partition coefficient (Wildman–Crippen LogP) is 2.98. The van der Waals surface area contributed by atoms with E-state index in [0.717, 1.165) is 18.4 Å². The van der Waals surface area contributed by atoms with E-state index in [-0.39, 0.29) is 11.8 Å². The number of halogens is 1. The zero-order valence-corrected chi connectivity index (χ0v) is 12.8. The molecule has 1 fully saturated rings. The summed E-state index contributed by atoms with van der Waals surface area (Å²) in [5, 5.41) is 9.99. The molecule has 0 aromatic heterocycles. The van der Waals surface area contributed by atoms with Crippen LogP contribution in [-0.2, 0) is 16.0 Å². The second-order valence-corrected chi connectivity index (χ2v) is 5.99. The Morgan fingerprint density at radius 2 is 2.10 bits per heavy atom. The van der Waals surface area contributed by atoms with Crippen molar-refractivity contribution in [3.05, 3.63) is 34.9 Å². The number of nitrogens with zero attached hydrogens (tertiary/aromatic N) is 1. The van der Waals surface area contributed by atoms with Crippen molar-refractivity contribution in [2.45, 2.75) is 38.6 Å². The van der Waals surface area contributed by atoms with Crippen molar-refractivity contribution < 1.29 is 14.7 Å². The number of carbonyl (C=O) groups excluding carboxylic acids is 1. The fourth-order valence-corrected chi connectivity index (χ4v) is 3.16. The van der Waals surface area contributed by atoms with Gasteiger partial charge in [0.15, 0.2) is 0 Å². The summed E-state index contributed by atoms with van der Waals surface area (Å²) in [6.45, 7) is 2.43. The first-order valence-electron chi connectivity index (χ1n) is 7.26. The lowest BCUT2D eigenvalue weighted by Crippen LogP contribution is -2.51. The largest absolute Gasteiger partial charge is 0.480 e. The summed E-state index contributed by atoms with van der Waals surface area (Å²) in [4.78, 5) is 25.3. The molecule has 2 atom stereocenters. The minimum Gasteiger partial charge on any atom is -0.480 e. The van der Waals surface area contributed by atoms with E-state index in [1.165, 1.54) is 4.90 Å². The number of rotatable bonds is 4. The minimum atomic E-state index is -0.909. The van der Waals surface area contributed by atoms with Crippen LogP contribution in [0.5, 0.6) is 0 Å². The van der Waals surface area contributed by atoms with Gasteiger partial charge in [0.05, 0.1) is 0 Å². The van der Waals surface area contributed by atoms with Crippen LogP contribution >= 0.6 is 11.6 Å². The van der Waals surface area contributed by atoms with Crippen LogP contribution < -0.4 is 0 Å². The zero-order valence-electron chi connectivity index (χ0n) is 12.1. The lowest BCUT2D eigenvalue weighted by Gasteiger charge is -2.37. The van der Waals surface area contributed by atoms with Crippen molar-refractivity contribution in [2.24, 2.45) is 5.92 Å². The summed E-state index contributed by atoms with van der Waals surface area (Å²) in [5.74, 6) is -1.01. The summed E-state index contributed by atoms with van der Waals surface area (Å²) < 4.78 is 0. The maximum Gasteiger partial charge on any atom is 0.326 e. The quantitative estimate of drug-likeness (QED) is 0.930. The maximum absolute atomic E-state index is 12.4. The normalized spacial score (nSPS) is 22.1. The highest BCUT2D eigenvalue weighted by atomic mass is 35.5. The number of hydrogen-bond donors (Lipinski definition) is 1. The fourth-order valence-electron chi connectivity index (χ4n) is 2.93. The molecule has 5 heteroatoms. The molecule has 1 aliphatic heterocycles. The first-order chi connectivity index (χ1) is 10.0. The van der Waals surface area contributed by atoms with Crippen LogP contribution in [0.1, 0.15) is 31.7 Å². The second-order valence-electron chi connectivity index (χ2n) is 5.58. The van der Waals surface area contributed by atoms with Gasteiger partial charge in [-0.25, -0.2) is 4.79 Å². The second kappa shape index (κ2) is 6.94. The Kier molecular flexibility index (Phi) is 5.23. The Morgan fingerprint density at radius 1 is 1.38 bits per heavy atom. The van der Waals surface area contributed by atoms with E-state index in [4.69, 9.17) is 11.6 Å². The zero-order chi connectivity index (χ0) is 15.4. The molecule has 0 radical (unpaired) electrons. The van der Waals surface area contributed by atoms with Gasteiger partial charge in [-0.3, -0.25) is 4.79 Å². The molecule has 114 valence electrons. The van der Waals surface area contributed by atoms with Crippen LogP contribution in [0.3, 0.4) is 0 Å². The predicted molar refractivity (Wildman–Crippen MR) is 81.3 cm³/mol. The molecule has 1 amide bonds. The molecule has 1 aliphatic rings. The number of piperidine rings is 1. The summed E-state index contributed by atoms with van der Waals surface area (Å²) in [7, 11) is 0. The van der Waals surface area contributed by atoms with Crippen LogP contribution in [-0.4, -0.2) is 34.5 Å². The summed E-state index contributed by atoms with van der Waals surface area (Å²) in [6, 6.07) is 6.72. The summed E-state index contributed by atoms with van der Waals surface area (Å²) >= 11 is 6.08. The Labute approximate surface area is 129 Å². The van der Waals surface area contributed by atoms with Crippen LogP contribution in [0.2, 0.25) is 5.02 Å². The van der Waals surface area contributed by atoms with Gasteiger partial charge in [0.1, 0.15) is 6.04 Å². The molecule has 0 saturated carbocycles. The van der Waals surface area contributed by atoms with Crippen molar-refractivity contribution in [3.8, 4) is 0 Å². The molecule has 1 heterocycles. The number of likely N-dealkylation sites (tertiary alicyclic amines) is 1. The highest BCUT2D eigenvalue weighted by molar-refractivity contribution is 6.31. The molecule has 1 N–H and O–H groups in total. The van der Waals surface area contributed by atoms with Crippen molar-refractivity contribution in [3.63, 3.8) is 0 Å². The topological polar surface area (TPSA) is 57.6 Å². The van der Waals surface area contributed by atoms with Gasteiger partial charge in [0.25, 0.3) is 0 Å². The van der Waals surface area contributed by atoms with E-state index in [2.05, 4.69) is 0 Å². The number of hydrogen-bond acceptors (Lipinski definition) is 2. The van der Waals surface area contributed by atoms with Crippen LogP contribution in [0.25, 0.3) is 0 Å². The molecule has 2 unspecified atom stereocenters. The number of amides is 1. The molecular formula is C16H20ClNO3. The lowest BCUT2D eigenvalue weighted by molar-refractivity contribution is -0.154. The number of carbonyl (C=O) groups is 2. The van der Waals surface area contributed by atoms with Crippen molar-refractivity contribution in [1.82, 2.24) is 4.90 Å². The first-order valence-corrected chi connectivity index (χ1v) is 7.64. The number of carboxylic acids is 1. The SMILES string of the molecule is CC1CCCN(C(=O)CCc2ccccc2Cl)C1C(=O)O. The van der Waals surface area contributed by atoms with Gasteiger partial charge in [0, 0.05) is 18.0 Å². The molecule has 1 aromatic rings. The molecule has 2 rings (SSSR count). The molecule has 1 saturated heterocycles. The molecule has 1 aromatic carbocycles. The van der Waals surface area contributed by atoms with Gasteiger partial charge in [0.2, 0.25) is 5.91 Å². The average molecular weight is 310 g/mol. The van der Waals surface area contributed by atoms with Gasteiger partial charge in [-0.15, -0.1) is 0 Å². The lowest BCUT2D eigenvalue weighted by atomic mass is 9.90. The average Bonchev–Trinajstić information content (AvgIpc) is 2.45. The highest BCUT2D eigenvalue weighted by Crippen LogP contribution is 2.25. The molecular weight excluding hydrogens is 290 g/mol. The van der Waals surface area contributed by atoms with E-state index < -0.39 is 12.0 Å².